The molecule has 0 bridgehead atoms. The fourth-order valence-corrected chi connectivity index (χ4v) is 2.53. The molecule has 5 nitrogen and oxygen atoms in total. The van der Waals surface area contributed by atoms with Crippen molar-refractivity contribution in [2.75, 3.05) is 12.3 Å². The Morgan fingerprint density at radius 1 is 1.53 bits per heavy atom. The number of hydrogen-bond acceptors (Lipinski definition) is 5. The molecule has 1 amide bonds. The van der Waals surface area contributed by atoms with Crippen molar-refractivity contribution in [3.63, 3.8) is 0 Å². The molecule has 0 radical (unpaired) electrons. The van der Waals surface area contributed by atoms with Crippen molar-refractivity contribution in [2.45, 2.75) is 39.3 Å². The number of nitrogens with zero attached hydrogens (tertiary/aromatic N) is 2. The molecule has 2 rings (SSSR count). The van der Waals surface area contributed by atoms with Crippen LogP contribution in [-0.2, 0) is 17.7 Å². The second-order valence-corrected chi connectivity index (χ2v) is 6.19. The molecule has 94 valence electrons. The summed E-state index contributed by atoms with van der Waals surface area (Å²) in [6.45, 7) is 6.75. The Balaban J connectivity index is 2.05. The maximum absolute atomic E-state index is 11.9. The molecule has 0 fully saturated rings. The maximum atomic E-state index is 11.9. The van der Waals surface area contributed by atoms with Gasteiger partial charge in [-0.1, -0.05) is 0 Å². The molecule has 1 aliphatic rings. The number of carbonyl (C=O) groups excluding carboxylic acids is 1. The summed E-state index contributed by atoms with van der Waals surface area (Å²) in [5.41, 5.74) is 6.10. The molecule has 0 saturated carbocycles. The average Bonchev–Trinajstić information content (AvgIpc) is 2.53. The highest BCUT2D eigenvalue weighted by molar-refractivity contribution is 7.15. The molecule has 6 heteroatoms. The maximum Gasteiger partial charge on any atom is 0.410 e. The summed E-state index contributed by atoms with van der Waals surface area (Å²) in [5, 5.41) is 0.570. The van der Waals surface area contributed by atoms with Crippen LogP contribution in [0.25, 0.3) is 0 Å². The second kappa shape index (κ2) is 4.18. The standard InChI is InChI=1S/C11H17N3O2S/c1-11(2,3)16-10(15)14-5-4-8-7(6-14)13-9(12)17-8/h4-6H2,1-3H3,(H2,12,13). The van der Waals surface area contributed by atoms with E-state index in [1.165, 1.54) is 16.2 Å². The predicted molar refractivity (Wildman–Crippen MR) is 66.9 cm³/mol. The Hall–Kier alpha value is -1.30. The lowest BCUT2D eigenvalue weighted by Crippen LogP contribution is -2.39. The number of amides is 1. The minimum atomic E-state index is -0.460. The fourth-order valence-electron chi connectivity index (χ4n) is 1.70. The third-order valence-corrected chi connectivity index (χ3v) is 3.38. The summed E-state index contributed by atoms with van der Waals surface area (Å²) in [6.07, 6.45) is 0.526. The zero-order chi connectivity index (χ0) is 12.6. The first-order valence-electron chi connectivity index (χ1n) is 5.57. The van der Waals surface area contributed by atoms with Gasteiger partial charge in [-0.3, -0.25) is 0 Å². The quantitative estimate of drug-likeness (QED) is 0.770. The molecule has 0 unspecified atom stereocenters. The summed E-state index contributed by atoms with van der Waals surface area (Å²) in [5.74, 6) is 0. The average molecular weight is 255 g/mol. The van der Waals surface area contributed by atoms with E-state index in [0.29, 0.717) is 18.2 Å². The van der Waals surface area contributed by atoms with E-state index in [2.05, 4.69) is 4.98 Å². The van der Waals surface area contributed by atoms with Crippen molar-refractivity contribution in [3.05, 3.63) is 10.6 Å². The predicted octanol–water partition coefficient (Wildman–Crippen LogP) is 2.02. The molecule has 2 N–H and O–H groups in total. The number of carbonyl (C=O) groups is 1. The fraction of sp³-hybridized carbons (Fsp3) is 0.636. The summed E-state index contributed by atoms with van der Waals surface area (Å²) < 4.78 is 5.33. The number of nitrogens with two attached hydrogens (primary N) is 1. The van der Waals surface area contributed by atoms with E-state index >= 15 is 0 Å². The largest absolute Gasteiger partial charge is 0.444 e. The van der Waals surface area contributed by atoms with Gasteiger partial charge in [-0.2, -0.15) is 0 Å². The van der Waals surface area contributed by atoms with Gasteiger partial charge in [-0.15, -0.1) is 11.3 Å². The second-order valence-electron chi connectivity index (χ2n) is 5.07. The van der Waals surface area contributed by atoms with Crippen LogP contribution in [0, 0.1) is 0 Å². The molecule has 0 aromatic carbocycles. The van der Waals surface area contributed by atoms with E-state index in [9.17, 15) is 4.79 Å². The van der Waals surface area contributed by atoms with E-state index in [1.54, 1.807) is 4.90 Å². The van der Waals surface area contributed by atoms with Gasteiger partial charge < -0.3 is 15.4 Å². The molecule has 0 atom stereocenters. The number of rotatable bonds is 0. The molecular formula is C11H17N3O2S. The number of ether oxygens (including phenoxy) is 1. The highest BCUT2D eigenvalue weighted by Crippen LogP contribution is 2.26. The van der Waals surface area contributed by atoms with Gasteiger partial charge in [0.25, 0.3) is 0 Å². The molecule has 1 aliphatic heterocycles. The van der Waals surface area contributed by atoms with Crippen molar-refractivity contribution in [2.24, 2.45) is 0 Å². The zero-order valence-corrected chi connectivity index (χ0v) is 11.1. The molecule has 0 aliphatic carbocycles. The van der Waals surface area contributed by atoms with Crippen LogP contribution >= 0.6 is 11.3 Å². The topological polar surface area (TPSA) is 68.5 Å². The van der Waals surface area contributed by atoms with Crippen LogP contribution in [-0.4, -0.2) is 28.1 Å². The SMILES string of the molecule is CC(C)(C)OC(=O)N1CCc2sc(N)nc2C1. The molecular weight excluding hydrogens is 238 g/mol. The summed E-state index contributed by atoms with van der Waals surface area (Å²) >= 11 is 1.50. The smallest absolute Gasteiger partial charge is 0.410 e. The van der Waals surface area contributed by atoms with Gasteiger partial charge in [0, 0.05) is 17.8 Å². The zero-order valence-electron chi connectivity index (χ0n) is 10.3. The van der Waals surface area contributed by atoms with Gasteiger partial charge in [-0.25, -0.2) is 9.78 Å². The van der Waals surface area contributed by atoms with Gasteiger partial charge in [0.1, 0.15) is 5.60 Å². The highest BCUT2D eigenvalue weighted by atomic mass is 32.1. The van der Waals surface area contributed by atoms with Gasteiger partial charge in [-0.05, 0) is 20.8 Å². The van der Waals surface area contributed by atoms with E-state index in [4.69, 9.17) is 10.5 Å². The molecule has 1 aromatic rings. The van der Waals surface area contributed by atoms with E-state index in [0.717, 1.165) is 12.1 Å². The van der Waals surface area contributed by atoms with Crippen LogP contribution in [0.2, 0.25) is 0 Å². The normalized spacial score (nSPS) is 15.6. The Morgan fingerprint density at radius 2 is 2.24 bits per heavy atom. The Kier molecular flexibility index (Phi) is 2.99. The van der Waals surface area contributed by atoms with E-state index in [-0.39, 0.29) is 6.09 Å². The Morgan fingerprint density at radius 3 is 2.88 bits per heavy atom. The molecule has 17 heavy (non-hydrogen) atoms. The van der Waals surface area contributed by atoms with Crippen molar-refractivity contribution in [1.82, 2.24) is 9.88 Å². The van der Waals surface area contributed by atoms with Gasteiger partial charge in [0.05, 0.1) is 12.2 Å². The first-order valence-corrected chi connectivity index (χ1v) is 6.39. The lowest BCUT2D eigenvalue weighted by molar-refractivity contribution is 0.0222. The van der Waals surface area contributed by atoms with Crippen molar-refractivity contribution < 1.29 is 9.53 Å². The first-order chi connectivity index (χ1) is 7.85. The summed E-state index contributed by atoms with van der Waals surface area (Å²) in [6, 6.07) is 0. The lowest BCUT2D eigenvalue weighted by Gasteiger charge is -2.29. The minimum absolute atomic E-state index is 0.283. The number of anilines is 1. The van der Waals surface area contributed by atoms with E-state index in [1.807, 2.05) is 20.8 Å². The molecule has 1 aromatic heterocycles. The number of aromatic nitrogens is 1. The van der Waals surface area contributed by atoms with Gasteiger partial charge in [0.15, 0.2) is 5.13 Å². The Labute approximate surface area is 105 Å². The van der Waals surface area contributed by atoms with Crippen molar-refractivity contribution in [3.8, 4) is 0 Å². The molecule has 0 spiro atoms. The number of hydrogen-bond donors (Lipinski definition) is 1. The van der Waals surface area contributed by atoms with Crippen molar-refractivity contribution in [1.29, 1.82) is 0 Å². The van der Waals surface area contributed by atoms with Crippen LogP contribution in [0.5, 0.6) is 0 Å². The molecule has 0 saturated heterocycles. The monoisotopic (exact) mass is 255 g/mol. The van der Waals surface area contributed by atoms with Crippen LogP contribution in [0.1, 0.15) is 31.3 Å². The van der Waals surface area contributed by atoms with Crippen LogP contribution in [0.3, 0.4) is 0 Å². The lowest BCUT2D eigenvalue weighted by atomic mass is 10.2. The number of fused-ring (bicyclic) bond motifs is 1. The third-order valence-electron chi connectivity index (χ3n) is 2.40. The first kappa shape index (κ1) is 12.2. The van der Waals surface area contributed by atoms with Crippen LogP contribution in [0.4, 0.5) is 9.93 Å². The van der Waals surface area contributed by atoms with Crippen LogP contribution < -0.4 is 5.73 Å². The number of nitrogen functional groups attached to an aromatic ring is 1. The van der Waals surface area contributed by atoms with Gasteiger partial charge >= 0.3 is 6.09 Å². The van der Waals surface area contributed by atoms with Crippen LogP contribution in [0.15, 0.2) is 0 Å². The Bertz CT molecular complexity index is 436. The van der Waals surface area contributed by atoms with E-state index < -0.39 is 5.60 Å². The minimum Gasteiger partial charge on any atom is -0.444 e. The summed E-state index contributed by atoms with van der Waals surface area (Å²) in [4.78, 5) is 19.0. The van der Waals surface area contributed by atoms with Crippen molar-refractivity contribution >= 4 is 22.6 Å². The summed E-state index contributed by atoms with van der Waals surface area (Å²) in [7, 11) is 0. The third kappa shape index (κ3) is 2.88. The van der Waals surface area contributed by atoms with Gasteiger partial charge in [0.2, 0.25) is 0 Å². The number of thiazole rings is 1. The molecule has 2 heterocycles. The highest BCUT2D eigenvalue weighted by Gasteiger charge is 2.27.